The lowest BCUT2D eigenvalue weighted by atomic mass is 10.1. The molecule has 0 heterocycles. The van der Waals surface area contributed by atoms with Crippen LogP contribution in [0.25, 0.3) is 6.08 Å². The molecule has 5 heteroatoms. The van der Waals surface area contributed by atoms with Gasteiger partial charge in [-0.2, -0.15) is 0 Å². The number of rotatable bonds is 4. The van der Waals surface area contributed by atoms with Gasteiger partial charge in [0.05, 0.1) is 7.11 Å². The first kappa shape index (κ1) is 17.4. The number of amides is 1. The number of benzene rings is 2. The van der Waals surface area contributed by atoms with E-state index in [1.807, 2.05) is 0 Å². The zero-order chi connectivity index (χ0) is 17.7. The Bertz CT molecular complexity index is 799. The number of methoxy groups -OCH3 is 1. The fourth-order valence-electron chi connectivity index (χ4n) is 2.16. The molecule has 4 nitrogen and oxygen atoms in total. The molecular weight excluding hydrogens is 309 g/mol. The third-order valence-electron chi connectivity index (χ3n) is 3.58. The van der Waals surface area contributed by atoms with Crippen molar-refractivity contribution in [2.45, 2.75) is 6.92 Å². The summed E-state index contributed by atoms with van der Waals surface area (Å²) in [5, 5.41) is 0. The molecular formula is C19H18FNO3. The topological polar surface area (TPSA) is 46.6 Å². The molecule has 0 aromatic heterocycles. The minimum atomic E-state index is -0.467. The van der Waals surface area contributed by atoms with Crippen molar-refractivity contribution in [3.63, 3.8) is 0 Å². The quantitative estimate of drug-likeness (QED) is 0.637. The van der Waals surface area contributed by atoms with E-state index in [4.69, 9.17) is 0 Å². The van der Waals surface area contributed by atoms with Crippen LogP contribution in [0.3, 0.4) is 0 Å². The van der Waals surface area contributed by atoms with Gasteiger partial charge in [0.15, 0.2) is 0 Å². The van der Waals surface area contributed by atoms with Gasteiger partial charge < -0.3 is 9.64 Å². The second-order valence-corrected chi connectivity index (χ2v) is 5.28. The molecule has 0 bridgehead atoms. The van der Waals surface area contributed by atoms with Crippen LogP contribution >= 0.6 is 0 Å². The van der Waals surface area contributed by atoms with E-state index in [9.17, 15) is 14.0 Å². The largest absolute Gasteiger partial charge is 0.466 e. The molecule has 1 amide bonds. The Kier molecular flexibility index (Phi) is 5.47. The van der Waals surface area contributed by atoms with Gasteiger partial charge in [-0.05, 0) is 54.5 Å². The molecule has 0 aliphatic rings. The molecule has 24 heavy (non-hydrogen) atoms. The Morgan fingerprint density at radius 2 is 1.92 bits per heavy atom. The van der Waals surface area contributed by atoms with E-state index in [0.29, 0.717) is 22.4 Å². The van der Waals surface area contributed by atoms with Crippen LogP contribution in [0.15, 0.2) is 48.5 Å². The standard InChI is InChI=1S/C19H18FNO3/c1-13-11-16(8-9-17(13)20)21(2)19(23)15-6-4-5-14(12-15)7-10-18(22)24-3/h4-12H,1-3H3/b10-7+. The predicted octanol–water partition coefficient (Wildman–Crippen LogP) is 3.60. The molecule has 0 aliphatic carbocycles. The van der Waals surface area contributed by atoms with E-state index in [0.717, 1.165) is 0 Å². The van der Waals surface area contributed by atoms with E-state index in [1.54, 1.807) is 56.4 Å². The first-order chi connectivity index (χ1) is 11.4. The summed E-state index contributed by atoms with van der Waals surface area (Å²) in [6.45, 7) is 1.65. The van der Waals surface area contributed by atoms with Crippen molar-refractivity contribution in [1.29, 1.82) is 0 Å². The first-order valence-electron chi connectivity index (χ1n) is 7.32. The monoisotopic (exact) mass is 327 g/mol. The average Bonchev–Trinajstić information content (AvgIpc) is 2.60. The smallest absolute Gasteiger partial charge is 0.330 e. The molecule has 0 saturated carbocycles. The molecule has 0 radical (unpaired) electrons. The fourth-order valence-corrected chi connectivity index (χ4v) is 2.16. The van der Waals surface area contributed by atoms with Crippen molar-refractivity contribution < 1.29 is 18.7 Å². The minimum absolute atomic E-state index is 0.227. The number of esters is 1. The number of hydrogen-bond donors (Lipinski definition) is 0. The third-order valence-corrected chi connectivity index (χ3v) is 3.58. The zero-order valence-corrected chi connectivity index (χ0v) is 13.7. The summed E-state index contributed by atoms with van der Waals surface area (Å²) < 4.78 is 17.9. The molecule has 0 unspecified atom stereocenters. The molecule has 2 aromatic carbocycles. The van der Waals surface area contributed by atoms with Gasteiger partial charge >= 0.3 is 5.97 Å². The van der Waals surface area contributed by atoms with E-state index in [-0.39, 0.29) is 11.7 Å². The van der Waals surface area contributed by atoms with Gasteiger partial charge in [-0.1, -0.05) is 12.1 Å². The molecule has 124 valence electrons. The number of ether oxygens (including phenoxy) is 1. The highest BCUT2D eigenvalue weighted by atomic mass is 19.1. The average molecular weight is 327 g/mol. The third kappa shape index (κ3) is 4.07. The van der Waals surface area contributed by atoms with Gasteiger partial charge in [-0.3, -0.25) is 4.79 Å². The number of halogens is 1. The predicted molar refractivity (Wildman–Crippen MR) is 91.4 cm³/mol. The highest BCUT2D eigenvalue weighted by Gasteiger charge is 2.14. The van der Waals surface area contributed by atoms with Crippen molar-refractivity contribution >= 4 is 23.6 Å². The molecule has 0 atom stereocenters. The second kappa shape index (κ2) is 7.55. The zero-order valence-electron chi connectivity index (χ0n) is 13.7. The normalized spacial score (nSPS) is 10.7. The Labute approximate surface area is 140 Å². The summed E-state index contributed by atoms with van der Waals surface area (Å²) in [6.07, 6.45) is 2.86. The maximum atomic E-state index is 13.4. The van der Waals surface area contributed by atoms with Crippen LogP contribution in [-0.2, 0) is 9.53 Å². The summed E-state index contributed by atoms with van der Waals surface area (Å²) in [5.41, 5.74) is 2.25. The molecule has 2 rings (SSSR count). The van der Waals surface area contributed by atoms with Crippen LogP contribution in [0.4, 0.5) is 10.1 Å². The Balaban J connectivity index is 2.24. The van der Waals surface area contributed by atoms with Crippen LogP contribution in [0.5, 0.6) is 0 Å². The lowest BCUT2D eigenvalue weighted by molar-refractivity contribution is -0.134. The van der Waals surface area contributed by atoms with Crippen molar-refractivity contribution in [1.82, 2.24) is 0 Å². The number of aryl methyl sites for hydroxylation is 1. The molecule has 0 aliphatic heterocycles. The number of nitrogens with zero attached hydrogens (tertiary/aromatic N) is 1. The number of anilines is 1. The van der Waals surface area contributed by atoms with Crippen LogP contribution in [0.1, 0.15) is 21.5 Å². The van der Waals surface area contributed by atoms with Crippen LogP contribution in [-0.4, -0.2) is 26.0 Å². The highest BCUT2D eigenvalue weighted by Crippen LogP contribution is 2.20. The molecule has 2 aromatic rings. The Morgan fingerprint density at radius 1 is 1.17 bits per heavy atom. The van der Waals surface area contributed by atoms with Gasteiger partial charge in [-0.15, -0.1) is 0 Å². The highest BCUT2D eigenvalue weighted by molar-refractivity contribution is 6.06. The number of carbonyl (C=O) groups is 2. The Hall–Kier alpha value is -2.95. The summed E-state index contributed by atoms with van der Waals surface area (Å²) >= 11 is 0. The van der Waals surface area contributed by atoms with Crippen LogP contribution in [0, 0.1) is 12.7 Å². The van der Waals surface area contributed by atoms with E-state index in [1.165, 1.54) is 24.2 Å². The summed E-state index contributed by atoms with van der Waals surface area (Å²) in [5.74, 6) is -1.01. The van der Waals surface area contributed by atoms with Crippen molar-refractivity contribution in [3.8, 4) is 0 Å². The lowest BCUT2D eigenvalue weighted by Crippen LogP contribution is -2.26. The Morgan fingerprint density at radius 3 is 2.58 bits per heavy atom. The van der Waals surface area contributed by atoms with Gasteiger partial charge in [0.25, 0.3) is 5.91 Å². The van der Waals surface area contributed by atoms with Gasteiger partial charge in [0.1, 0.15) is 5.82 Å². The molecule has 0 N–H and O–H groups in total. The SMILES string of the molecule is COC(=O)/C=C/c1cccc(C(=O)N(C)c2ccc(F)c(C)c2)c1. The number of hydrogen-bond acceptors (Lipinski definition) is 3. The summed E-state index contributed by atoms with van der Waals surface area (Å²) in [4.78, 5) is 25.2. The maximum Gasteiger partial charge on any atom is 0.330 e. The van der Waals surface area contributed by atoms with Gasteiger partial charge in [0, 0.05) is 24.4 Å². The van der Waals surface area contributed by atoms with Gasteiger partial charge in [0.2, 0.25) is 0 Å². The first-order valence-corrected chi connectivity index (χ1v) is 7.32. The van der Waals surface area contributed by atoms with Crippen molar-refractivity contribution in [2.24, 2.45) is 0 Å². The maximum absolute atomic E-state index is 13.4. The lowest BCUT2D eigenvalue weighted by Gasteiger charge is -2.18. The summed E-state index contributed by atoms with van der Waals surface area (Å²) in [7, 11) is 2.93. The molecule has 0 spiro atoms. The van der Waals surface area contributed by atoms with Crippen molar-refractivity contribution in [2.75, 3.05) is 19.1 Å². The van der Waals surface area contributed by atoms with E-state index < -0.39 is 5.97 Å². The molecule has 0 fully saturated rings. The van der Waals surface area contributed by atoms with Gasteiger partial charge in [-0.25, -0.2) is 9.18 Å². The number of carbonyl (C=O) groups excluding carboxylic acids is 2. The second-order valence-electron chi connectivity index (χ2n) is 5.28. The fraction of sp³-hybridized carbons (Fsp3) is 0.158. The van der Waals surface area contributed by atoms with E-state index in [2.05, 4.69) is 4.74 Å². The summed E-state index contributed by atoms with van der Waals surface area (Å²) in [6, 6.07) is 11.4. The van der Waals surface area contributed by atoms with Crippen molar-refractivity contribution in [3.05, 3.63) is 71.0 Å². The minimum Gasteiger partial charge on any atom is -0.466 e. The molecule has 0 saturated heterocycles. The van der Waals surface area contributed by atoms with Crippen LogP contribution < -0.4 is 4.90 Å². The van der Waals surface area contributed by atoms with Crippen LogP contribution in [0.2, 0.25) is 0 Å². The van der Waals surface area contributed by atoms with E-state index >= 15 is 0 Å².